The van der Waals surface area contributed by atoms with Gasteiger partial charge in [-0.15, -0.1) is 0 Å². The van der Waals surface area contributed by atoms with Crippen LogP contribution >= 0.6 is 0 Å². The number of unbranched alkanes of at least 4 members (excludes halogenated alkanes) is 28. The van der Waals surface area contributed by atoms with Gasteiger partial charge in [-0.05, 0) is 12.8 Å². The number of hydrogen-bond acceptors (Lipinski definition) is 1. The van der Waals surface area contributed by atoms with Crippen LogP contribution in [0.15, 0.2) is 0 Å². The molecule has 37 heavy (non-hydrogen) atoms. The van der Waals surface area contributed by atoms with E-state index < -0.39 is 0 Å². The Balaban J connectivity index is 3.26. The topological polar surface area (TPSA) is 17.1 Å². The molecule has 0 aliphatic heterocycles. The van der Waals surface area contributed by atoms with E-state index in [0.29, 0.717) is 0 Å². The molecule has 1 radical (unpaired) electrons. The summed E-state index contributed by atoms with van der Waals surface area (Å²) >= 11 is 0. The van der Waals surface area contributed by atoms with Crippen molar-refractivity contribution >= 4 is 6.29 Å². The van der Waals surface area contributed by atoms with Gasteiger partial charge in [0.2, 0.25) is 6.29 Å². The zero-order chi connectivity index (χ0) is 26.9. The van der Waals surface area contributed by atoms with Gasteiger partial charge in [0.25, 0.3) is 0 Å². The summed E-state index contributed by atoms with van der Waals surface area (Å²) in [5, 5.41) is 0. The minimum atomic E-state index is 0.212. The lowest BCUT2D eigenvalue weighted by Crippen LogP contribution is -2.02. The predicted molar refractivity (Wildman–Crippen MR) is 168 cm³/mol. The summed E-state index contributed by atoms with van der Waals surface area (Å²) < 4.78 is 0. The highest BCUT2D eigenvalue weighted by molar-refractivity contribution is 5.54. The smallest absolute Gasteiger partial charge is 0.201 e. The van der Waals surface area contributed by atoms with Crippen molar-refractivity contribution in [3.63, 3.8) is 0 Å². The Bertz CT molecular complexity index is 403. The molecule has 0 aromatic heterocycles. The second-order valence-corrected chi connectivity index (χ2v) is 12.3. The van der Waals surface area contributed by atoms with E-state index in [-0.39, 0.29) is 5.92 Å². The second-order valence-electron chi connectivity index (χ2n) is 12.3. The largest absolute Gasteiger partial charge is 0.291 e. The van der Waals surface area contributed by atoms with E-state index in [1.807, 2.05) is 0 Å². The fourth-order valence-electron chi connectivity index (χ4n) is 5.79. The molecule has 0 aromatic carbocycles. The van der Waals surface area contributed by atoms with Crippen LogP contribution < -0.4 is 0 Å². The highest BCUT2D eigenvalue weighted by Gasteiger charge is 2.08. The van der Waals surface area contributed by atoms with E-state index in [4.69, 9.17) is 0 Å². The third-order valence-electron chi connectivity index (χ3n) is 8.48. The van der Waals surface area contributed by atoms with E-state index in [2.05, 4.69) is 20.1 Å². The molecule has 221 valence electrons. The summed E-state index contributed by atoms with van der Waals surface area (Å²) in [5.41, 5.74) is 0. The van der Waals surface area contributed by atoms with Gasteiger partial charge in [0.1, 0.15) is 0 Å². The second kappa shape index (κ2) is 33.7. The van der Waals surface area contributed by atoms with E-state index >= 15 is 0 Å². The Morgan fingerprint density at radius 3 is 0.703 bits per heavy atom. The van der Waals surface area contributed by atoms with E-state index in [0.717, 1.165) is 12.8 Å². The molecule has 0 amide bonds. The molecule has 0 rings (SSSR count). The average Bonchev–Trinajstić information content (AvgIpc) is 2.91. The highest BCUT2D eigenvalue weighted by Crippen LogP contribution is 2.19. The molecular formula is C36H71O. The number of carbonyl (C=O) groups excluding carboxylic acids is 1. The molecule has 0 aliphatic carbocycles. The van der Waals surface area contributed by atoms with Crippen LogP contribution in [0.4, 0.5) is 0 Å². The average molecular weight is 520 g/mol. The normalized spacial score (nSPS) is 12.3. The summed E-state index contributed by atoms with van der Waals surface area (Å²) in [6.07, 6.45) is 46.7. The molecule has 0 N–H and O–H groups in total. The molecule has 0 aromatic rings. The first-order valence-corrected chi connectivity index (χ1v) is 17.7. The van der Waals surface area contributed by atoms with Crippen molar-refractivity contribution in [1.29, 1.82) is 0 Å². The molecule has 1 atom stereocenters. The van der Waals surface area contributed by atoms with Gasteiger partial charge >= 0.3 is 0 Å². The first-order chi connectivity index (χ1) is 18.3. The van der Waals surface area contributed by atoms with Crippen LogP contribution in [0.2, 0.25) is 0 Å². The molecule has 0 aliphatic rings. The standard InChI is InChI=1S/C36H71O/c1-3-5-7-9-11-13-15-17-19-20-22-24-26-28-30-32-34-36(35-37)33-31-29-27-25-23-21-18-16-14-12-10-8-6-4-2/h36H,3-34H2,1-2H3. The first kappa shape index (κ1) is 36.7. The van der Waals surface area contributed by atoms with Gasteiger partial charge < -0.3 is 0 Å². The van der Waals surface area contributed by atoms with Gasteiger partial charge in [0, 0.05) is 5.92 Å². The van der Waals surface area contributed by atoms with Crippen LogP contribution in [0.1, 0.15) is 219 Å². The molecule has 1 unspecified atom stereocenters. The molecule has 1 heteroatoms. The van der Waals surface area contributed by atoms with Gasteiger partial charge in [-0.25, -0.2) is 0 Å². The van der Waals surface area contributed by atoms with Gasteiger partial charge in [-0.2, -0.15) is 0 Å². The summed E-state index contributed by atoms with van der Waals surface area (Å²) in [6.45, 7) is 4.59. The maximum absolute atomic E-state index is 11.3. The predicted octanol–water partition coefficient (Wildman–Crippen LogP) is 13.2. The third-order valence-corrected chi connectivity index (χ3v) is 8.48. The van der Waals surface area contributed by atoms with Crippen LogP contribution in [-0.2, 0) is 4.79 Å². The molecule has 0 saturated heterocycles. The molecular weight excluding hydrogens is 448 g/mol. The molecule has 0 bridgehead atoms. The molecule has 0 spiro atoms. The van der Waals surface area contributed by atoms with Crippen molar-refractivity contribution in [2.45, 2.75) is 219 Å². The summed E-state index contributed by atoms with van der Waals surface area (Å²) in [4.78, 5) is 11.3. The van der Waals surface area contributed by atoms with Crippen LogP contribution in [-0.4, -0.2) is 6.29 Å². The Kier molecular flexibility index (Phi) is 33.4. The van der Waals surface area contributed by atoms with Crippen LogP contribution in [0, 0.1) is 5.92 Å². The lowest BCUT2D eigenvalue weighted by Gasteiger charge is -2.09. The number of hydrogen-bond donors (Lipinski definition) is 0. The third kappa shape index (κ3) is 31.8. The maximum Gasteiger partial charge on any atom is 0.201 e. The maximum atomic E-state index is 11.3. The van der Waals surface area contributed by atoms with E-state index in [1.54, 1.807) is 0 Å². The fraction of sp³-hybridized carbons (Fsp3) is 0.972. The van der Waals surface area contributed by atoms with Crippen LogP contribution in [0.25, 0.3) is 0 Å². The monoisotopic (exact) mass is 520 g/mol. The van der Waals surface area contributed by atoms with Crippen molar-refractivity contribution in [2.24, 2.45) is 5.92 Å². The van der Waals surface area contributed by atoms with Gasteiger partial charge in [-0.3, -0.25) is 4.79 Å². The van der Waals surface area contributed by atoms with Crippen molar-refractivity contribution in [1.82, 2.24) is 0 Å². The minimum Gasteiger partial charge on any atom is -0.291 e. The summed E-state index contributed by atoms with van der Waals surface area (Å²) in [7, 11) is 0. The van der Waals surface area contributed by atoms with Crippen molar-refractivity contribution in [3.05, 3.63) is 0 Å². The Morgan fingerprint density at radius 1 is 0.324 bits per heavy atom. The lowest BCUT2D eigenvalue weighted by atomic mass is 9.95. The number of rotatable bonds is 33. The lowest BCUT2D eigenvalue weighted by molar-refractivity contribution is 0.448. The van der Waals surface area contributed by atoms with E-state index in [9.17, 15) is 4.79 Å². The molecule has 0 fully saturated rings. The van der Waals surface area contributed by atoms with Gasteiger partial charge in [-0.1, -0.05) is 206 Å². The first-order valence-electron chi connectivity index (χ1n) is 17.7. The zero-order valence-electron chi connectivity index (χ0n) is 26.1. The van der Waals surface area contributed by atoms with Crippen molar-refractivity contribution in [3.8, 4) is 0 Å². The molecule has 0 saturated carbocycles. The Morgan fingerprint density at radius 2 is 0.514 bits per heavy atom. The van der Waals surface area contributed by atoms with Crippen LogP contribution in [0.3, 0.4) is 0 Å². The van der Waals surface area contributed by atoms with Gasteiger partial charge in [0.15, 0.2) is 0 Å². The van der Waals surface area contributed by atoms with Gasteiger partial charge in [0.05, 0.1) is 0 Å². The fourth-order valence-corrected chi connectivity index (χ4v) is 5.79. The summed E-state index contributed by atoms with van der Waals surface area (Å²) in [5.74, 6) is 0.212. The Labute approximate surface area is 236 Å². The summed E-state index contributed by atoms with van der Waals surface area (Å²) in [6, 6.07) is 0. The highest BCUT2D eigenvalue weighted by atomic mass is 16.1. The zero-order valence-corrected chi connectivity index (χ0v) is 26.1. The van der Waals surface area contributed by atoms with Crippen molar-refractivity contribution < 1.29 is 4.79 Å². The van der Waals surface area contributed by atoms with Crippen molar-refractivity contribution in [2.75, 3.05) is 0 Å². The molecule has 0 heterocycles. The molecule has 1 nitrogen and oxygen atoms in total. The quantitative estimate of drug-likeness (QED) is 0.0788. The SMILES string of the molecule is CCCCCCCCCCCCCCCCCCC([C]=O)CCCCCCCCCCCCCCCC. The van der Waals surface area contributed by atoms with Crippen LogP contribution in [0.5, 0.6) is 0 Å². The van der Waals surface area contributed by atoms with E-state index in [1.165, 1.54) is 193 Å². The minimum absolute atomic E-state index is 0.212. The Hall–Kier alpha value is -0.330.